The minimum atomic E-state index is -3.60. The monoisotopic (exact) mass is 380 g/mol. The van der Waals surface area contributed by atoms with E-state index in [9.17, 15) is 8.42 Å². The zero-order valence-electron chi connectivity index (χ0n) is 12.2. The Morgan fingerprint density at radius 3 is 2.86 bits per heavy atom. The molecule has 8 heteroatoms. The van der Waals surface area contributed by atoms with Gasteiger partial charge in [-0.15, -0.1) is 0 Å². The van der Waals surface area contributed by atoms with E-state index in [0.717, 1.165) is 0 Å². The highest BCUT2D eigenvalue weighted by Gasteiger charge is 2.25. The van der Waals surface area contributed by atoms with Crippen molar-refractivity contribution in [2.75, 3.05) is 13.2 Å². The van der Waals surface area contributed by atoms with Gasteiger partial charge in [-0.1, -0.05) is 0 Å². The van der Waals surface area contributed by atoms with Crippen molar-refractivity contribution in [3.63, 3.8) is 0 Å². The molecule has 1 aliphatic carbocycles. The number of ether oxygens (including phenoxy) is 1. The molecule has 1 atom stereocenters. The maximum atomic E-state index is 12.2. The van der Waals surface area contributed by atoms with E-state index in [1.54, 1.807) is 6.07 Å². The Bertz CT molecular complexity index is 569. The molecule has 0 bridgehead atoms. The topological polar surface area (TPSA) is 80.6 Å². The predicted molar refractivity (Wildman–Crippen MR) is 82.5 cm³/mol. The molecule has 1 unspecified atom stereocenters. The van der Waals surface area contributed by atoms with Crippen molar-refractivity contribution in [2.45, 2.75) is 50.3 Å². The van der Waals surface area contributed by atoms with Crippen molar-refractivity contribution in [1.82, 2.24) is 10.0 Å². The van der Waals surface area contributed by atoms with Crippen LogP contribution in [0.25, 0.3) is 0 Å². The molecule has 0 aromatic carbocycles. The second-order valence-electron chi connectivity index (χ2n) is 5.12. The average molecular weight is 381 g/mol. The molecule has 1 heterocycles. The Labute approximate surface area is 133 Å². The van der Waals surface area contributed by atoms with Crippen molar-refractivity contribution in [2.24, 2.45) is 0 Å². The standard InChI is InChI=1S/C13H21BrN2O4S/c1-3-19-9(2)7-16-21(17,18)12-6-11(20-13(12)14)8-15-10-4-5-10/h6,9-10,15-16H,3-5,7-8H2,1-2H3. The van der Waals surface area contributed by atoms with E-state index in [2.05, 4.69) is 26.0 Å². The van der Waals surface area contributed by atoms with Crippen LogP contribution in [0.4, 0.5) is 0 Å². The molecule has 1 saturated carbocycles. The van der Waals surface area contributed by atoms with Crippen LogP contribution in [0.1, 0.15) is 32.4 Å². The lowest BCUT2D eigenvalue weighted by atomic mass is 10.4. The number of furan rings is 1. The lowest BCUT2D eigenvalue weighted by Gasteiger charge is -2.12. The molecule has 120 valence electrons. The fourth-order valence-electron chi connectivity index (χ4n) is 1.85. The summed E-state index contributed by atoms with van der Waals surface area (Å²) in [4.78, 5) is 0.124. The second-order valence-corrected chi connectivity index (χ2v) is 7.58. The van der Waals surface area contributed by atoms with E-state index < -0.39 is 10.0 Å². The van der Waals surface area contributed by atoms with Crippen molar-refractivity contribution in [3.05, 3.63) is 16.5 Å². The number of sulfonamides is 1. The van der Waals surface area contributed by atoms with Crippen LogP contribution in [0.2, 0.25) is 0 Å². The lowest BCUT2D eigenvalue weighted by Crippen LogP contribution is -2.32. The number of halogens is 1. The zero-order chi connectivity index (χ0) is 15.5. The average Bonchev–Trinajstić information content (AvgIpc) is 3.17. The van der Waals surface area contributed by atoms with E-state index in [1.807, 2.05) is 13.8 Å². The van der Waals surface area contributed by atoms with Gasteiger partial charge in [-0.3, -0.25) is 0 Å². The van der Waals surface area contributed by atoms with Crippen LogP contribution < -0.4 is 10.0 Å². The summed E-state index contributed by atoms with van der Waals surface area (Å²) in [5.74, 6) is 0.604. The fourth-order valence-corrected chi connectivity index (χ4v) is 3.96. The zero-order valence-corrected chi connectivity index (χ0v) is 14.6. The van der Waals surface area contributed by atoms with Crippen LogP contribution in [0.5, 0.6) is 0 Å². The second kappa shape index (κ2) is 7.23. The highest BCUT2D eigenvalue weighted by atomic mass is 79.9. The maximum Gasteiger partial charge on any atom is 0.245 e. The number of hydrogen-bond acceptors (Lipinski definition) is 5. The van der Waals surface area contributed by atoms with Gasteiger partial charge in [-0.05, 0) is 42.6 Å². The van der Waals surface area contributed by atoms with Crippen molar-refractivity contribution in [3.8, 4) is 0 Å². The third kappa shape index (κ3) is 5.07. The molecule has 0 spiro atoms. The Kier molecular flexibility index (Phi) is 5.84. The van der Waals surface area contributed by atoms with Gasteiger partial charge >= 0.3 is 0 Å². The van der Waals surface area contributed by atoms with Crippen molar-refractivity contribution < 1.29 is 17.6 Å². The molecule has 1 aromatic heterocycles. The van der Waals surface area contributed by atoms with Gasteiger partial charge in [0.2, 0.25) is 10.0 Å². The smallest absolute Gasteiger partial charge is 0.245 e. The Morgan fingerprint density at radius 2 is 2.24 bits per heavy atom. The van der Waals surface area contributed by atoms with Gasteiger partial charge in [0, 0.05) is 25.3 Å². The SMILES string of the molecule is CCOC(C)CNS(=O)(=O)c1cc(CNC2CC2)oc1Br. The molecule has 2 rings (SSSR count). The van der Waals surface area contributed by atoms with E-state index in [4.69, 9.17) is 9.15 Å². The molecule has 0 saturated heterocycles. The summed E-state index contributed by atoms with van der Waals surface area (Å²) in [5.41, 5.74) is 0. The molecule has 0 radical (unpaired) electrons. The van der Waals surface area contributed by atoms with Gasteiger partial charge in [-0.2, -0.15) is 0 Å². The lowest BCUT2D eigenvalue weighted by molar-refractivity contribution is 0.0799. The molecule has 6 nitrogen and oxygen atoms in total. The van der Waals surface area contributed by atoms with Gasteiger partial charge in [0.15, 0.2) is 4.67 Å². The fraction of sp³-hybridized carbons (Fsp3) is 0.692. The summed E-state index contributed by atoms with van der Waals surface area (Å²) in [5, 5.41) is 3.28. The molecule has 1 aliphatic rings. The van der Waals surface area contributed by atoms with E-state index >= 15 is 0 Å². The summed E-state index contributed by atoms with van der Waals surface area (Å²) >= 11 is 3.17. The largest absolute Gasteiger partial charge is 0.452 e. The Balaban J connectivity index is 1.97. The summed E-state index contributed by atoms with van der Waals surface area (Å²) in [7, 11) is -3.60. The molecule has 2 N–H and O–H groups in total. The molecule has 1 aromatic rings. The Morgan fingerprint density at radius 1 is 1.52 bits per heavy atom. The van der Waals surface area contributed by atoms with E-state index in [0.29, 0.717) is 25.0 Å². The van der Waals surface area contributed by atoms with Crippen LogP contribution in [0.3, 0.4) is 0 Å². The van der Waals surface area contributed by atoms with Gasteiger partial charge in [0.25, 0.3) is 0 Å². The highest BCUT2D eigenvalue weighted by Crippen LogP contribution is 2.27. The molecular weight excluding hydrogens is 360 g/mol. The Hall–Kier alpha value is -0.410. The van der Waals surface area contributed by atoms with Crippen LogP contribution in [-0.2, 0) is 21.3 Å². The summed E-state index contributed by atoms with van der Waals surface area (Å²) in [6, 6.07) is 2.09. The van der Waals surface area contributed by atoms with E-state index in [1.165, 1.54) is 12.8 Å². The van der Waals surface area contributed by atoms with Crippen LogP contribution in [0.15, 0.2) is 20.0 Å². The van der Waals surface area contributed by atoms with Gasteiger partial charge < -0.3 is 14.5 Å². The number of hydrogen-bond donors (Lipinski definition) is 2. The van der Waals surface area contributed by atoms with Gasteiger partial charge in [-0.25, -0.2) is 13.1 Å². The molecular formula is C13H21BrN2O4S. The number of rotatable bonds is 9. The quantitative estimate of drug-likeness (QED) is 0.684. The van der Waals surface area contributed by atoms with Gasteiger partial charge in [0.05, 0.1) is 12.6 Å². The van der Waals surface area contributed by atoms with Crippen LogP contribution in [0, 0.1) is 0 Å². The number of nitrogens with one attached hydrogen (secondary N) is 2. The summed E-state index contributed by atoms with van der Waals surface area (Å²) in [6.07, 6.45) is 2.17. The van der Waals surface area contributed by atoms with Crippen LogP contribution >= 0.6 is 15.9 Å². The molecule has 1 fully saturated rings. The third-order valence-corrected chi connectivity index (χ3v) is 5.43. The van der Waals surface area contributed by atoms with Crippen molar-refractivity contribution in [1.29, 1.82) is 0 Å². The van der Waals surface area contributed by atoms with E-state index in [-0.39, 0.29) is 22.2 Å². The first-order chi connectivity index (χ1) is 9.92. The predicted octanol–water partition coefficient (Wildman–Crippen LogP) is 2.00. The van der Waals surface area contributed by atoms with Gasteiger partial charge in [0.1, 0.15) is 10.7 Å². The summed E-state index contributed by atoms with van der Waals surface area (Å²) < 4.78 is 38.0. The van der Waals surface area contributed by atoms with Crippen molar-refractivity contribution >= 4 is 26.0 Å². The molecule has 0 amide bonds. The highest BCUT2D eigenvalue weighted by molar-refractivity contribution is 9.10. The first kappa shape index (κ1) is 17.0. The minimum absolute atomic E-state index is 0.124. The first-order valence-electron chi connectivity index (χ1n) is 7.05. The normalized spacial score (nSPS) is 17.1. The molecule has 21 heavy (non-hydrogen) atoms. The van der Waals surface area contributed by atoms with Crippen LogP contribution in [-0.4, -0.2) is 33.7 Å². The third-order valence-electron chi connectivity index (χ3n) is 3.15. The minimum Gasteiger partial charge on any atom is -0.452 e. The maximum absolute atomic E-state index is 12.2. The first-order valence-corrected chi connectivity index (χ1v) is 9.33. The molecule has 0 aliphatic heterocycles. The summed E-state index contributed by atoms with van der Waals surface area (Å²) in [6.45, 7) is 5.01.